The summed E-state index contributed by atoms with van der Waals surface area (Å²) in [5, 5.41) is 14.6. The van der Waals surface area contributed by atoms with Crippen LogP contribution in [0.4, 0.5) is 8.78 Å². The molecule has 1 aromatic rings. The Hall–Kier alpha value is -1.01. The summed E-state index contributed by atoms with van der Waals surface area (Å²) in [5.74, 6) is -2.47. The summed E-state index contributed by atoms with van der Waals surface area (Å²) >= 11 is 0. The lowest BCUT2D eigenvalue weighted by molar-refractivity contribution is -0.0478. The minimum absolute atomic E-state index is 0.261. The number of aliphatic hydroxyl groups is 1. The van der Waals surface area contributed by atoms with Gasteiger partial charge in [0.1, 0.15) is 12.4 Å². The molecule has 2 N–H and O–H groups in total. The maximum absolute atomic E-state index is 12.6. The Bertz CT molecular complexity index is 306. The van der Waals surface area contributed by atoms with Gasteiger partial charge in [-0.2, -0.15) is 0 Å². The molecule has 4 nitrogen and oxygen atoms in total. The first-order valence-corrected chi connectivity index (χ1v) is 4.57. The molecule has 0 amide bonds. The van der Waals surface area contributed by atoms with Crippen LogP contribution in [0.25, 0.3) is 0 Å². The van der Waals surface area contributed by atoms with Crippen molar-refractivity contribution in [1.29, 1.82) is 0 Å². The van der Waals surface area contributed by atoms with Crippen molar-refractivity contribution in [3.05, 3.63) is 17.0 Å². The highest BCUT2D eigenvalue weighted by Crippen LogP contribution is 2.13. The molecule has 15 heavy (non-hydrogen) atoms. The molecule has 0 bridgehead atoms. The molecule has 0 aliphatic carbocycles. The van der Waals surface area contributed by atoms with Crippen LogP contribution in [0.2, 0.25) is 0 Å². The number of aliphatic hydroxyl groups excluding tert-OH is 1. The van der Waals surface area contributed by atoms with Gasteiger partial charge >= 0.3 is 0 Å². The molecule has 0 saturated carbocycles. The topological polar surface area (TPSA) is 58.3 Å². The van der Waals surface area contributed by atoms with Crippen LogP contribution < -0.4 is 5.32 Å². The Balaban J connectivity index is 2.45. The lowest BCUT2D eigenvalue weighted by atomic mass is 10.2. The zero-order chi connectivity index (χ0) is 11.5. The maximum Gasteiger partial charge on any atom is 0.282 e. The van der Waals surface area contributed by atoms with Crippen molar-refractivity contribution in [3.63, 3.8) is 0 Å². The first-order valence-electron chi connectivity index (χ1n) is 4.57. The molecule has 0 fully saturated rings. The van der Waals surface area contributed by atoms with E-state index < -0.39 is 19.1 Å². The summed E-state index contributed by atoms with van der Waals surface area (Å²) in [7, 11) is 0. The third-order valence-corrected chi connectivity index (χ3v) is 2.10. The van der Waals surface area contributed by atoms with Crippen molar-refractivity contribution < 1.29 is 18.4 Å². The van der Waals surface area contributed by atoms with E-state index >= 15 is 0 Å². The van der Waals surface area contributed by atoms with E-state index in [1.807, 2.05) is 0 Å². The second-order valence-electron chi connectivity index (χ2n) is 3.42. The second-order valence-corrected chi connectivity index (χ2v) is 3.42. The molecule has 0 spiro atoms. The molecule has 0 aliphatic heterocycles. The quantitative estimate of drug-likeness (QED) is 0.777. The summed E-state index contributed by atoms with van der Waals surface area (Å²) in [6.45, 7) is 2.02. The third kappa shape index (κ3) is 3.24. The van der Waals surface area contributed by atoms with Gasteiger partial charge in [-0.05, 0) is 13.8 Å². The Labute approximate surface area is 86.3 Å². The monoisotopic (exact) mass is 220 g/mol. The van der Waals surface area contributed by atoms with Crippen molar-refractivity contribution in [2.75, 3.05) is 13.2 Å². The van der Waals surface area contributed by atoms with E-state index in [0.717, 1.165) is 5.56 Å². The van der Waals surface area contributed by atoms with E-state index in [0.29, 0.717) is 11.5 Å². The van der Waals surface area contributed by atoms with Gasteiger partial charge in [-0.3, -0.25) is 0 Å². The number of nitrogens with one attached hydrogen (secondary N) is 1. The maximum atomic E-state index is 12.6. The van der Waals surface area contributed by atoms with Crippen LogP contribution >= 0.6 is 0 Å². The van der Waals surface area contributed by atoms with E-state index in [1.54, 1.807) is 13.8 Å². The average Bonchev–Trinajstić information content (AvgIpc) is 2.49. The highest BCUT2D eigenvalue weighted by Gasteiger charge is 2.27. The molecular weight excluding hydrogens is 206 g/mol. The van der Waals surface area contributed by atoms with Crippen LogP contribution in [0, 0.1) is 13.8 Å². The molecule has 6 heteroatoms. The average molecular weight is 220 g/mol. The normalized spacial score (nSPS) is 12.1. The number of aryl methyl sites for hydroxylation is 2. The van der Waals surface area contributed by atoms with Crippen LogP contribution in [0.15, 0.2) is 4.52 Å². The van der Waals surface area contributed by atoms with Crippen molar-refractivity contribution in [3.8, 4) is 0 Å². The summed E-state index contributed by atoms with van der Waals surface area (Å²) in [6, 6.07) is 0. The minimum Gasteiger partial charge on any atom is -0.390 e. The molecule has 0 radical (unpaired) electrons. The predicted octanol–water partition coefficient (Wildman–Crippen LogP) is 1.01. The third-order valence-electron chi connectivity index (χ3n) is 2.10. The van der Waals surface area contributed by atoms with Gasteiger partial charge in [0.15, 0.2) is 0 Å². The zero-order valence-electron chi connectivity index (χ0n) is 8.68. The molecule has 0 aromatic carbocycles. The summed E-state index contributed by atoms with van der Waals surface area (Å²) in [6.07, 6.45) is 0. The highest BCUT2D eigenvalue weighted by molar-refractivity contribution is 5.20. The number of rotatable bonds is 5. The molecule has 0 saturated heterocycles. The molecule has 0 aliphatic rings. The van der Waals surface area contributed by atoms with Crippen LogP contribution in [0.1, 0.15) is 17.0 Å². The fourth-order valence-corrected chi connectivity index (χ4v) is 1.18. The smallest absolute Gasteiger partial charge is 0.282 e. The van der Waals surface area contributed by atoms with Gasteiger partial charge in [0, 0.05) is 12.1 Å². The van der Waals surface area contributed by atoms with Crippen molar-refractivity contribution in [2.45, 2.75) is 26.3 Å². The minimum atomic E-state index is -3.08. The Morgan fingerprint density at radius 2 is 2.13 bits per heavy atom. The largest absolute Gasteiger partial charge is 0.390 e. The molecule has 86 valence electrons. The number of alkyl halides is 2. The first kappa shape index (κ1) is 12.1. The van der Waals surface area contributed by atoms with Gasteiger partial charge in [0.2, 0.25) is 0 Å². The number of aromatic nitrogens is 1. The lowest BCUT2D eigenvalue weighted by Crippen LogP contribution is -2.35. The Kier molecular flexibility index (Phi) is 3.76. The molecule has 0 unspecified atom stereocenters. The zero-order valence-corrected chi connectivity index (χ0v) is 8.68. The van der Waals surface area contributed by atoms with Crippen molar-refractivity contribution in [2.24, 2.45) is 0 Å². The lowest BCUT2D eigenvalue weighted by Gasteiger charge is -2.13. The molecular formula is C9H14F2N2O2. The summed E-state index contributed by atoms with van der Waals surface area (Å²) in [4.78, 5) is 0. The number of hydrogen-bond acceptors (Lipinski definition) is 4. The van der Waals surface area contributed by atoms with Crippen LogP contribution in [0.3, 0.4) is 0 Å². The molecule has 0 atom stereocenters. The fourth-order valence-electron chi connectivity index (χ4n) is 1.18. The van der Waals surface area contributed by atoms with Gasteiger partial charge < -0.3 is 14.9 Å². The van der Waals surface area contributed by atoms with Crippen LogP contribution in [-0.2, 0) is 6.54 Å². The molecule has 1 rings (SSSR count). The van der Waals surface area contributed by atoms with E-state index in [-0.39, 0.29) is 6.54 Å². The van der Waals surface area contributed by atoms with Gasteiger partial charge in [-0.25, -0.2) is 8.78 Å². The standard InChI is InChI=1S/C9H14F2N2O2/c1-6-8(7(2)15-13-6)3-12-4-9(10,11)5-14/h12,14H,3-5H2,1-2H3. The molecule has 1 aromatic heterocycles. The number of halogens is 2. The SMILES string of the molecule is Cc1noc(C)c1CNCC(F)(F)CO. The Morgan fingerprint density at radius 1 is 1.47 bits per heavy atom. The van der Waals surface area contributed by atoms with Crippen molar-refractivity contribution in [1.82, 2.24) is 10.5 Å². The number of hydrogen-bond donors (Lipinski definition) is 2. The number of nitrogens with zero attached hydrogens (tertiary/aromatic N) is 1. The summed E-state index contributed by atoms with van der Waals surface area (Å²) < 4.78 is 30.1. The highest BCUT2D eigenvalue weighted by atomic mass is 19.3. The second kappa shape index (κ2) is 4.67. The Morgan fingerprint density at radius 3 is 2.60 bits per heavy atom. The van der Waals surface area contributed by atoms with E-state index in [1.165, 1.54) is 0 Å². The van der Waals surface area contributed by atoms with Gasteiger partial charge in [-0.1, -0.05) is 5.16 Å². The van der Waals surface area contributed by atoms with Gasteiger partial charge in [0.25, 0.3) is 5.92 Å². The van der Waals surface area contributed by atoms with E-state index in [9.17, 15) is 8.78 Å². The predicted molar refractivity (Wildman–Crippen MR) is 49.7 cm³/mol. The van der Waals surface area contributed by atoms with Gasteiger partial charge in [0.05, 0.1) is 12.2 Å². The fraction of sp³-hybridized carbons (Fsp3) is 0.667. The first-order chi connectivity index (χ1) is 6.96. The van der Waals surface area contributed by atoms with Crippen LogP contribution in [0.5, 0.6) is 0 Å². The van der Waals surface area contributed by atoms with Gasteiger partial charge in [-0.15, -0.1) is 0 Å². The van der Waals surface area contributed by atoms with E-state index in [2.05, 4.69) is 10.5 Å². The van der Waals surface area contributed by atoms with Crippen molar-refractivity contribution >= 4 is 0 Å². The van der Waals surface area contributed by atoms with E-state index in [4.69, 9.17) is 9.63 Å². The summed E-state index contributed by atoms with van der Waals surface area (Å²) in [5.41, 5.74) is 1.47. The van der Waals surface area contributed by atoms with Crippen LogP contribution in [-0.4, -0.2) is 29.3 Å². The molecule has 1 heterocycles.